The molecule has 1 heterocycles. The number of hydrogen-bond acceptors (Lipinski definition) is 4. The first-order valence-corrected chi connectivity index (χ1v) is 12.4. The molecule has 0 radical (unpaired) electrons. The fourth-order valence-electron chi connectivity index (χ4n) is 4.72. The van der Waals surface area contributed by atoms with Crippen molar-refractivity contribution in [1.82, 2.24) is 14.7 Å². The molecule has 1 fully saturated rings. The van der Waals surface area contributed by atoms with Crippen molar-refractivity contribution in [2.45, 2.75) is 45.7 Å². The summed E-state index contributed by atoms with van der Waals surface area (Å²) in [6, 6.07) is 19.6. The van der Waals surface area contributed by atoms with Crippen LogP contribution in [0.5, 0.6) is 0 Å². The van der Waals surface area contributed by atoms with Crippen LogP contribution in [0.25, 0.3) is 0 Å². The summed E-state index contributed by atoms with van der Waals surface area (Å²) in [5, 5.41) is 0. The molecule has 1 saturated heterocycles. The molecular formula is C28H38N4O3. The van der Waals surface area contributed by atoms with E-state index in [0.29, 0.717) is 25.4 Å². The normalized spacial score (nSPS) is 17.4. The summed E-state index contributed by atoms with van der Waals surface area (Å²) in [6.45, 7) is 8.06. The predicted molar refractivity (Wildman–Crippen MR) is 137 cm³/mol. The van der Waals surface area contributed by atoms with E-state index in [2.05, 4.69) is 18.7 Å². The average Bonchev–Trinajstić information content (AvgIpc) is 2.83. The highest BCUT2D eigenvalue weighted by molar-refractivity contribution is 5.85. The van der Waals surface area contributed by atoms with E-state index in [1.165, 1.54) is 0 Å². The maximum atomic E-state index is 13.4. The highest BCUT2D eigenvalue weighted by Gasteiger charge is 2.36. The first-order valence-electron chi connectivity index (χ1n) is 12.4. The first kappa shape index (κ1) is 26.4. The van der Waals surface area contributed by atoms with Gasteiger partial charge in [-0.1, -0.05) is 74.5 Å². The molecule has 35 heavy (non-hydrogen) atoms. The minimum absolute atomic E-state index is 0.0729. The summed E-state index contributed by atoms with van der Waals surface area (Å²) >= 11 is 0. The first-order chi connectivity index (χ1) is 16.7. The zero-order valence-corrected chi connectivity index (χ0v) is 21.1. The van der Waals surface area contributed by atoms with Gasteiger partial charge in [-0.2, -0.15) is 0 Å². The molecule has 0 bridgehead atoms. The second-order valence-electron chi connectivity index (χ2n) is 9.83. The van der Waals surface area contributed by atoms with Crippen LogP contribution < -0.4 is 5.73 Å². The van der Waals surface area contributed by atoms with Gasteiger partial charge in [0.2, 0.25) is 17.7 Å². The zero-order valence-electron chi connectivity index (χ0n) is 21.1. The number of carbonyl (C=O) groups is 3. The molecule has 2 atom stereocenters. The third-order valence-corrected chi connectivity index (χ3v) is 6.55. The van der Waals surface area contributed by atoms with Crippen LogP contribution in [0.4, 0.5) is 0 Å². The zero-order chi connectivity index (χ0) is 25.4. The Morgan fingerprint density at radius 3 is 2.26 bits per heavy atom. The van der Waals surface area contributed by atoms with Crippen LogP contribution in [0.2, 0.25) is 0 Å². The molecule has 0 aromatic heterocycles. The lowest BCUT2D eigenvalue weighted by molar-refractivity contribution is -0.145. The van der Waals surface area contributed by atoms with Crippen molar-refractivity contribution in [2.24, 2.45) is 11.7 Å². The van der Waals surface area contributed by atoms with Gasteiger partial charge in [-0.05, 0) is 30.4 Å². The van der Waals surface area contributed by atoms with E-state index >= 15 is 0 Å². The molecule has 3 rings (SSSR count). The maximum absolute atomic E-state index is 13.4. The van der Waals surface area contributed by atoms with E-state index in [4.69, 9.17) is 5.73 Å². The Hall–Kier alpha value is -3.19. The summed E-state index contributed by atoms with van der Waals surface area (Å²) < 4.78 is 0. The molecule has 188 valence electrons. The Balaban J connectivity index is 1.75. The molecule has 1 aliphatic heterocycles. The van der Waals surface area contributed by atoms with Crippen LogP contribution in [0, 0.1) is 5.92 Å². The molecule has 0 aliphatic carbocycles. The maximum Gasteiger partial charge on any atom is 0.237 e. The molecule has 0 saturated carbocycles. The number of amides is 3. The fraction of sp³-hybridized carbons (Fsp3) is 0.464. The van der Waals surface area contributed by atoms with E-state index < -0.39 is 5.91 Å². The largest absolute Gasteiger partial charge is 0.368 e. The molecule has 2 N–H and O–H groups in total. The monoisotopic (exact) mass is 478 g/mol. The number of primary amides is 1. The molecule has 7 nitrogen and oxygen atoms in total. The van der Waals surface area contributed by atoms with Gasteiger partial charge >= 0.3 is 0 Å². The number of benzene rings is 2. The van der Waals surface area contributed by atoms with Crippen LogP contribution in [0.3, 0.4) is 0 Å². The van der Waals surface area contributed by atoms with E-state index in [0.717, 1.165) is 17.7 Å². The highest BCUT2D eigenvalue weighted by Crippen LogP contribution is 2.26. The van der Waals surface area contributed by atoms with Crippen molar-refractivity contribution in [3.8, 4) is 0 Å². The molecular weight excluding hydrogens is 440 g/mol. The lowest BCUT2D eigenvalue weighted by atomic mass is 10.0. The van der Waals surface area contributed by atoms with Gasteiger partial charge in [-0.3, -0.25) is 19.3 Å². The summed E-state index contributed by atoms with van der Waals surface area (Å²) in [5.74, 6) is -0.203. The molecule has 3 amide bonds. The fourth-order valence-corrected chi connectivity index (χ4v) is 4.72. The summed E-state index contributed by atoms with van der Waals surface area (Å²) in [6.07, 6.45) is 0.885. The summed E-state index contributed by atoms with van der Waals surface area (Å²) in [7, 11) is 0. The molecule has 0 spiro atoms. The third-order valence-electron chi connectivity index (χ3n) is 6.55. The number of piperazine rings is 1. The van der Waals surface area contributed by atoms with Crippen molar-refractivity contribution < 1.29 is 14.4 Å². The van der Waals surface area contributed by atoms with Gasteiger partial charge in [0, 0.05) is 32.1 Å². The standard InChI is InChI=1S/C28H38N4O3/c1-21(2)17-31-20-28(35)32(22(3)24-12-8-5-9-13-24)18-25(31)16-27(34)30(19-26(29)33)15-14-23-10-6-4-7-11-23/h4-13,21-22,25H,14-20H2,1-3H3,(H2,29,33)/t22-,25?/m0/s1. The molecule has 1 unspecified atom stereocenters. The number of hydrogen-bond donors (Lipinski definition) is 1. The van der Waals surface area contributed by atoms with Crippen molar-refractivity contribution in [3.63, 3.8) is 0 Å². The summed E-state index contributed by atoms with van der Waals surface area (Å²) in [4.78, 5) is 43.8. The van der Waals surface area contributed by atoms with Gasteiger partial charge in [-0.15, -0.1) is 0 Å². The topological polar surface area (TPSA) is 87.0 Å². The number of nitrogens with two attached hydrogens (primary N) is 1. The second-order valence-corrected chi connectivity index (χ2v) is 9.83. The molecule has 1 aliphatic rings. The van der Waals surface area contributed by atoms with Crippen molar-refractivity contribution >= 4 is 17.7 Å². The van der Waals surface area contributed by atoms with Gasteiger partial charge < -0.3 is 15.5 Å². The van der Waals surface area contributed by atoms with Crippen LogP contribution in [0.1, 0.15) is 44.4 Å². The minimum Gasteiger partial charge on any atom is -0.368 e. The van der Waals surface area contributed by atoms with E-state index in [9.17, 15) is 14.4 Å². The van der Waals surface area contributed by atoms with E-state index in [1.807, 2.05) is 72.5 Å². The highest BCUT2D eigenvalue weighted by atomic mass is 16.2. The summed E-state index contributed by atoms with van der Waals surface area (Å²) in [5.41, 5.74) is 7.64. The predicted octanol–water partition coefficient (Wildman–Crippen LogP) is 2.86. The van der Waals surface area contributed by atoms with Gasteiger partial charge in [0.25, 0.3) is 0 Å². The quantitative estimate of drug-likeness (QED) is 0.538. The number of nitrogens with zero attached hydrogens (tertiary/aromatic N) is 3. The molecule has 7 heteroatoms. The Morgan fingerprint density at radius 1 is 1.03 bits per heavy atom. The second kappa shape index (κ2) is 12.5. The van der Waals surface area contributed by atoms with Crippen LogP contribution in [-0.2, 0) is 20.8 Å². The number of carbonyl (C=O) groups excluding carboxylic acids is 3. The SMILES string of the molecule is CC(C)CN1CC(=O)N([C@@H](C)c2ccccc2)CC1CC(=O)N(CCc1ccccc1)CC(N)=O. The van der Waals surface area contributed by atoms with Crippen LogP contribution >= 0.6 is 0 Å². The van der Waals surface area contributed by atoms with Crippen molar-refractivity contribution in [1.29, 1.82) is 0 Å². The van der Waals surface area contributed by atoms with E-state index in [-0.39, 0.29) is 43.4 Å². The van der Waals surface area contributed by atoms with Gasteiger partial charge in [-0.25, -0.2) is 0 Å². The van der Waals surface area contributed by atoms with Crippen LogP contribution in [-0.4, -0.2) is 71.2 Å². The Labute approximate surface area is 208 Å². The Morgan fingerprint density at radius 2 is 1.66 bits per heavy atom. The van der Waals surface area contributed by atoms with E-state index in [1.54, 1.807) is 4.90 Å². The average molecular weight is 479 g/mol. The lowest BCUT2D eigenvalue weighted by Crippen LogP contribution is -2.58. The Kier molecular flexibility index (Phi) is 9.43. The van der Waals surface area contributed by atoms with Gasteiger partial charge in [0.1, 0.15) is 0 Å². The minimum atomic E-state index is -0.524. The molecule has 2 aromatic rings. The van der Waals surface area contributed by atoms with Gasteiger partial charge in [0.15, 0.2) is 0 Å². The van der Waals surface area contributed by atoms with Crippen molar-refractivity contribution in [3.05, 3.63) is 71.8 Å². The smallest absolute Gasteiger partial charge is 0.237 e. The molecule has 2 aromatic carbocycles. The third kappa shape index (κ3) is 7.65. The Bertz CT molecular complexity index is 980. The van der Waals surface area contributed by atoms with Crippen LogP contribution in [0.15, 0.2) is 60.7 Å². The lowest BCUT2D eigenvalue weighted by Gasteiger charge is -2.44. The van der Waals surface area contributed by atoms with Gasteiger partial charge in [0.05, 0.1) is 19.1 Å². The number of rotatable bonds is 11. The van der Waals surface area contributed by atoms with Crippen molar-refractivity contribution in [2.75, 3.05) is 32.7 Å².